The van der Waals surface area contributed by atoms with Crippen molar-refractivity contribution < 1.29 is 17.9 Å². The van der Waals surface area contributed by atoms with Gasteiger partial charge in [0, 0.05) is 58.4 Å². The fraction of sp³-hybridized carbons (Fsp3) is 0.652. The van der Waals surface area contributed by atoms with Crippen LogP contribution in [0.2, 0.25) is 0 Å². The molecule has 0 aliphatic carbocycles. The number of carbonyl (C=O) groups is 1. The van der Waals surface area contributed by atoms with Crippen LogP contribution in [0.4, 0.5) is 11.8 Å². The van der Waals surface area contributed by atoms with Gasteiger partial charge in [-0.15, -0.1) is 0 Å². The summed E-state index contributed by atoms with van der Waals surface area (Å²) < 4.78 is 35.7. The predicted molar refractivity (Wildman–Crippen MR) is 143 cm³/mol. The van der Waals surface area contributed by atoms with E-state index in [0.717, 1.165) is 50.4 Å². The van der Waals surface area contributed by atoms with Gasteiger partial charge < -0.3 is 24.8 Å². The smallest absolute Gasteiger partial charge is 0.276 e. The molecule has 15 heteroatoms. The van der Waals surface area contributed by atoms with Crippen molar-refractivity contribution in [3.63, 3.8) is 0 Å². The number of ether oxygens (including phenoxy) is 1. The van der Waals surface area contributed by atoms with Gasteiger partial charge in [0.2, 0.25) is 11.9 Å². The maximum absolute atomic E-state index is 12.5. The van der Waals surface area contributed by atoms with E-state index in [4.69, 9.17) is 4.74 Å². The maximum atomic E-state index is 12.5. The van der Waals surface area contributed by atoms with Crippen LogP contribution in [0.1, 0.15) is 12.8 Å². The molecule has 3 saturated heterocycles. The van der Waals surface area contributed by atoms with Crippen molar-refractivity contribution in [2.24, 2.45) is 5.92 Å². The van der Waals surface area contributed by atoms with Crippen molar-refractivity contribution in [1.29, 1.82) is 0 Å². The lowest BCUT2D eigenvalue weighted by molar-refractivity contribution is -0.133. The van der Waals surface area contributed by atoms with Crippen molar-refractivity contribution in [3.8, 4) is 0 Å². The summed E-state index contributed by atoms with van der Waals surface area (Å²) in [5.41, 5.74) is 1.29. The van der Waals surface area contributed by atoms with Crippen LogP contribution in [0.15, 0.2) is 19.0 Å². The Hall–Kier alpha value is -2.85. The van der Waals surface area contributed by atoms with E-state index >= 15 is 0 Å². The van der Waals surface area contributed by atoms with Gasteiger partial charge in [-0.25, -0.2) is 19.4 Å². The highest BCUT2D eigenvalue weighted by molar-refractivity contribution is 7.87. The maximum Gasteiger partial charge on any atom is 0.276 e. The lowest BCUT2D eigenvalue weighted by Gasteiger charge is -2.47. The van der Waals surface area contributed by atoms with Crippen LogP contribution in [0.25, 0.3) is 11.2 Å². The number of hydrogen-bond donors (Lipinski definition) is 4. The second kappa shape index (κ2) is 11.9. The molecule has 1 atom stereocenters. The number of piperidine rings is 1. The van der Waals surface area contributed by atoms with Crippen LogP contribution in [0, 0.1) is 5.92 Å². The first-order valence-corrected chi connectivity index (χ1v) is 14.6. The van der Waals surface area contributed by atoms with Crippen LogP contribution < -0.4 is 19.7 Å². The lowest BCUT2D eigenvalue weighted by Crippen LogP contribution is -2.62. The summed E-state index contributed by atoms with van der Waals surface area (Å²) in [6.45, 7) is 10.5. The fourth-order valence-corrected chi connectivity index (χ4v) is 6.08. The van der Waals surface area contributed by atoms with Gasteiger partial charge in [-0.05, 0) is 31.4 Å². The lowest BCUT2D eigenvalue weighted by atomic mass is 9.95. The Bertz CT molecular complexity index is 1230. The third-order valence-corrected chi connectivity index (χ3v) is 8.40. The first-order valence-electron chi connectivity index (χ1n) is 13.1. The molecule has 0 bridgehead atoms. The third kappa shape index (κ3) is 6.40. The summed E-state index contributed by atoms with van der Waals surface area (Å²) >= 11 is 0. The number of fused-ring (bicyclic) bond motifs is 1. The van der Waals surface area contributed by atoms with Gasteiger partial charge in [0.15, 0.2) is 11.5 Å². The quantitative estimate of drug-likeness (QED) is 0.205. The summed E-state index contributed by atoms with van der Waals surface area (Å²) in [4.78, 5) is 34.3. The Morgan fingerprint density at radius 3 is 2.76 bits per heavy atom. The minimum atomic E-state index is -3.63. The largest absolute Gasteiger partial charge is 0.378 e. The Morgan fingerprint density at radius 2 is 1.97 bits per heavy atom. The number of H-pyrrole nitrogens is 1. The zero-order valence-corrected chi connectivity index (χ0v) is 22.2. The predicted octanol–water partition coefficient (Wildman–Crippen LogP) is -0.866. The Balaban J connectivity index is 1.04. The molecular weight excluding hydrogens is 512 g/mol. The van der Waals surface area contributed by atoms with Crippen molar-refractivity contribution in [1.82, 2.24) is 39.2 Å². The minimum absolute atomic E-state index is 0.0325. The van der Waals surface area contributed by atoms with Crippen molar-refractivity contribution in [2.75, 3.05) is 82.3 Å². The van der Waals surface area contributed by atoms with Gasteiger partial charge >= 0.3 is 0 Å². The van der Waals surface area contributed by atoms with Crippen molar-refractivity contribution >= 4 is 39.0 Å². The molecule has 208 valence electrons. The van der Waals surface area contributed by atoms with Gasteiger partial charge in [-0.1, -0.05) is 6.58 Å². The zero-order valence-electron chi connectivity index (χ0n) is 21.4. The number of aromatic amines is 1. The number of imidazole rings is 1. The monoisotopic (exact) mass is 548 g/mol. The average molecular weight is 549 g/mol. The molecule has 0 unspecified atom stereocenters. The third-order valence-electron chi connectivity index (χ3n) is 7.27. The number of carbonyl (C=O) groups excluding carboxylic acids is 1. The molecule has 2 aromatic heterocycles. The van der Waals surface area contributed by atoms with Crippen LogP contribution in [-0.4, -0.2) is 122 Å². The van der Waals surface area contributed by atoms with E-state index in [-0.39, 0.29) is 18.4 Å². The van der Waals surface area contributed by atoms with E-state index in [2.05, 4.69) is 51.1 Å². The Labute approximate surface area is 222 Å². The molecule has 1 amide bonds. The number of aromatic nitrogens is 4. The average Bonchev–Trinajstić information content (AvgIpc) is 3.33. The molecule has 14 nitrogen and oxygen atoms in total. The molecule has 5 heterocycles. The van der Waals surface area contributed by atoms with Crippen LogP contribution in [-0.2, 0) is 19.7 Å². The molecule has 3 aliphatic heterocycles. The molecule has 2 aromatic rings. The van der Waals surface area contributed by atoms with E-state index in [9.17, 15) is 13.2 Å². The standard InChI is InChI=1S/C23H36N10O4S/c1-2-19(34)33-14-18(15-33)32-7-3-4-17(13-32)12-28-38(35,36)27-6-5-24-23-29-20-21(30-23)25-16-26-22(20)31-8-10-37-11-9-31/h2,16-18,27-28H,1,3-15H2,(H2,24,25,26,29,30)/t17-/m1/s1. The van der Waals surface area contributed by atoms with E-state index in [1.54, 1.807) is 4.90 Å². The fourth-order valence-electron chi connectivity index (χ4n) is 5.15. The van der Waals surface area contributed by atoms with Crippen molar-refractivity contribution in [2.45, 2.75) is 18.9 Å². The summed E-state index contributed by atoms with van der Waals surface area (Å²) in [7, 11) is -3.63. The number of hydrogen-bond acceptors (Lipinski definition) is 10. The van der Waals surface area contributed by atoms with Gasteiger partial charge in [0.05, 0.1) is 13.2 Å². The molecule has 5 rings (SSSR count). The summed E-state index contributed by atoms with van der Waals surface area (Å²) in [5.74, 6) is 1.49. The van der Waals surface area contributed by atoms with E-state index in [0.29, 0.717) is 57.0 Å². The number of nitrogens with zero attached hydrogens (tertiary/aromatic N) is 6. The first-order chi connectivity index (χ1) is 18.4. The zero-order chi connectivity index (χ0) is 26.5. The van der Waals surface area contributed by atoms with E-state index in [1.807, 2.05) is 0 Å². The van der Waals surface area contributed by atoms with Crippen LogP contribution >= 0.6 is 0 Å². The second-order valence-electron chi connectivity index (χ2n) is 9.86. The SMILES string of the molecule is C=CC(=O)N1CC(N2CCC[C@H](CNS(=O)(=O)NCCNc3nc4ncnc(N5CCOCC5)c4[nH]3)C2)C1. The van der Waals surface area contributed by atoms with Crippen molar-refractivity contribution in [3.05, 3.63) is 19.0 Å². The Morgan fingerprint density at radius 1 is 1.16 bits per heavy atom. The molecule has 3 aliphatic rings. The summed E-state index contributed by atoms with van der Waals surface area (Å²) in [6.07, 6.45) is 4.84. The van der Waals surface area contributed by atoms with Crippen LogP contribution in [0.3, 0.4) is 0 Å². The van der Waals surface area contributed by atoms with Gasteiger partial charge in [0.1, 0.15) is 11.8 Å². The number of likely N-dealkylation sites (tertiary alicyclic amines) is 2. The van der Waals surface area contributed by atoms with Gasteiger partial charge in [-0.3, -0.25) is 9.69 Å². The number of rotatable bonds is 11. The highest BCUT2D eigenvalue weighted by Crippen LogP contribution is 2.24. The molecule has 4 N–H and O–H groups in total. The highest BCUT2D eigenvalue weighted by Gasteiger charge is 2.36. The van der Waals surface area contributed by atoms with E-state index in [1.165, 1.54) is 12.4 Å². The van der Waals surface area contributed by atoms with Gasteiger partial charge in [0.25, 0.3) is 10.2 Å². The molecule has 0 spiro atoms. The number of nitrogens with one attached hydrogen (secondary N) is 4. The topological polar surface area (TPSA) is 161 Å². The minimum Gasteiger partial charge on any atom is -0.378 e. The summed E-state index contributed by atoms with van der Waals surface area (Å²) in [6, 6.07) is 0.344. The number of amides is 1. The molecule has 38 heavy (non-hydrogen) atoms. The molecule has 0 saturated carbocycles. The van der Waals surface area contributed by atoms with Crippen LogP contribution in [0.5, 0.6) is 0 Å². The first kappa shape index (κ1) is 26.7. The highest BCUT2D eigenvalue weighted by atomic mass is 32.2. The van der Waals surface area contributed by atoms with Gasteiger partial charge in [-0.2, -0.15) is 13.4 Å². The second-order valence-corrected chi connectivity index (χ2v) is 11.4. The summed E-state index contributed by atoms with van der Waals surface area (Å²) in [5, 5.41) is 3.12. The van der Waals surface area contributed by atoms with E-state index < -0.39 is 10.2 Å². The normalized spacial score (nSPS) is 21.4. The number of anilines is 2. The molecule has 3 fully saturated rings. The molecule has 0 aromatic carbocycles. The number of morpholine rings is 1. The Kier molecular flexibility index (Phi) is 8.38. The molecular formula is C23H36N10O4S. The molecule has 0 radical (unpaired) electrons.